The summed E-state index contributed by atoms with van der Waals surface area (Å²) in [6.45, 7) is 7.59. The first-order valence-corrected chi connectivity index (χ1v) is 7.84. The predicted molar refractivity (Wildman–Crippen MR) is 74.1 cm³/mol. The van der Waals surface area contributed by atoms with Gasteiger partial charge >= 0.3 is 5.97 Å². The molecule has 4 saturated heterocycles. The first-order valence-electron chi connectivity index (χ1n) is 7.84. The molecular weight excluding hydrogens is 240 g/mol. The number of carboxylic acids is 1. The van der Waals surface area contributed by atoms with E-state index in [9.17, 15) is 9.90 Å². The molecule has 4 heteroatoms. The maximum atomic E-state index is 11.7. The highest BCUT2D eigenvalue weighted by molar-refractivity contribution is 5.75. The SMILES string of the molecule is CCC1(C(=O)O)CCCN(C2CN3CCC2CC3)C1. The van der Waals surface area contributed by atoms with Crippen LogP contribution in [0.3, 0.4) is 0 Å². The predicted octanol–water partition coefficient (Wildman–Crippen LogP) is 1.66. The van der Waals surface area contributed by atoms with E-state index in [2.05, 4.69) is 9.80 Å². The quantitative estimate of drug-likeness (QED) is 0.843. The second kappa shape index (κ2) is 5.06. The lowest BCUT2D eigenvalue weighted by molar-refractivity contribution is -0.155. The number of carboxylic acid groups (broad SMARTS) is 1. The van der Waals surface area contributed by atoms with Crippen LogP contribution in [0.25, 0.3) is 0 Å². The van der Waals surface area contributed by atoms with E-state index in [0.717, 1.165) is 38.3 Å². The molecule has 4 fully saturated rings. The summed E-state index contributed by atoms with van der Waals surface area (Å²) >= 11 is 0. The second-order valence-electron chi connectivity index (χ2n) is 6.72. The molecule has 0 spiro atoms. The summed E-state index contributed by atoms with van der Waals surface area (Å²) < 4.78 is 0. The second-order valence-corrected chi connectivity index (χ2v) is 6.72. The molecule has 4 nitrogen and oxygen atoms in total. The van der Waals surface area contributed by atoms with Crippen LogP contribution >= 0.6 is 0 Å². The molecule has 2 atom stereocenters. The first-order chi connectivity index (χ1) is 9.14. The van der Waals surface area contributed by atoms with Gasteiger partial charge in [0.1, 0.15) is 0 Å². The molecular formula is C15H26N2O2. The molecule has 0 aromatic carbocycles. The highest BCUT2D eigenvalue weighted by atomic mass is 16.4. The zero-order chi connectivity index (χ0) is 13.5. The number of hydrogen-bond donors (Lipinski definition) is 1. The van der Waals surface area contributed by atoms with E-state index in [4.69, 9.17) is 0 Å². The normalized spacial score (nSPS) is 43.3. The van der Waals surface area contributed by atoms with Crippen LogP contribution in [0.5, 0.6) is 0 Å². The largest absolute Gasteiger partial charge is 0.481 e. The van der Waals surface area contributed by atoms with Crippen LogP contribution in [-0.4, -0.2) is 59.6 Å². The fraction of sp³-hybridized carbons (Fsp3) is 0.933. The number of rotatable bonds is 3. The minimum atomic E-state index is -0.582. The van der Waals surface area contributed by atoms with Gasteiger partial charge in [-0.1, -0.05) is 6.92 Å². The molecule has 2 unspecified atom stereocenters. The highest BCUT2D eigenvalue weighted by Crippen LogP contribution is 2.38. The topological polar surface area (TPSA) is 43.8 Å². The van der Waals surface area contributed by atoms with Gasteiger partial charge in [0.05, 0.1) is 5.41 Å². The molecule has 19 heavy (non-hydrogen) atoms. The molecule has 0 aliphatic carbocycles. The van der Waals surface area contributed by atoms with Crippen molar-refractivity contribution in [2.24, 2.45) is 11.3 Å². The lowest BCUT2D eigenvalue weighted by atomic mass is 9.75. The lowest BCUT2D eigenvalue weighted by Gasteiger charge is -2.52. The average Bonchev–Trinajstić information content (AvgIpc) is 2.48. The van der Waals surface area contributed by atoms with Crippen molar-refractivity contribution in [3.05, 3.63) is 0 Å². The zero-order valence-corrected chi connectivity index (χ0v) is 12.0. The smallest absolute Gasteiger partial charge is 0.310 e. The highest BCUT2D eigenvalue weighted by Gasteiger charge is 2.45. The Morgan fingerprint density at radius 2 is 2.05 bits per heavy atom. The number of likely N-dealkylation sites (tertiary alicyclic amines) is 1. The van der Waals surface area contributed by atoms with Gasteiger partial charge in [-0.3, -0.25) is 9.69 Å². The van der Waals surface area contributed by atoms with E-state index in [1.165, 1.54) is 32.5 Å². The van der Waals surface area contributed by atoms with Crippen molar-refractivity contribution in [3.63, 3.8) is 0 Å². The van der Waals surface area contributed by atoms with Gasteiger partial charge in [-0.2, -0.15) is 0 Å². The van der Waals surface area contributed by atoms with Crippen LogP contribution in [0.1, 0.15) is 39.0 Å². The molecule has 2 bridgehead atoms. The average molecular weight is 266 g/mol. The van der Waals surface area contributed by atoms with Gasteiger partial charge in [-0.25, -0.2) is 0 Å². The minimum Gasteiger partial charge on any atom is -0.481 e. The molecule has 0 saturated carbocycles. The molecule has 0 amide bonds. The van der Waals surface area contributed by atoms with Gasteiger partial charge in [0.15, 0.2) is 0 Å². The Balaban J connectivity index is 1.73. The van der Waals surface area contributed by atoms with Gasteiger partial charge in [-0.05, 0) is 57.7 Å². The van der Waals surface area contributed by atoms with Gasteiger partial charge in [-0.15, -0.1) is 0 Å². The fourth-order valence-corrected chi connectivity index (χ4v) is 4.41. The molecule has 4 aliphatic rings. The summed E-state index contributed by atoms with van der Waals surface area (Å²) in [4.78, 5) is 16.7. The molecule has 0 aromatic heterocycles. The maximum absolute atomic E-state index is 11.7. The molecule has 108 valence electrons. The van der Waals surface area contributed by atoms with Crippen LogP contribution in [0.4, 0.5) is 0 Å². The van der Waals surface area contributed by atoms with Crippen LogP contribution < -0.4 is 0 Å². The Labute approximate surface area is 115 Å². The number of carbonyl (C=O) groups is 1. The third-order valence-electron chi connectivity index (χ3n) is 5.83. The minimum absolute atomic E-state index is 0.482. The van der Waals surface area contributed by atoms with Gasteiger partial charge in [0, 0.05) is 19.1 Å². The Morgan fingerprint density at radius 1 is 1.32 bits per heavy atom. The van der Waals surface area contributed by atoms with Gasteiger partial charge in [0.25, 0.3) is 0 Å². The van der Waals surface area contributed by atoms with E-state index >= 15 is 0 Å². The monoisotopic (exact) mass is 266 g/mol. The molecule has 1 N–H and O–H groups in total. The fourth-order valence-electron chi connectivity index (χ4n) is 4.41. The zero-order valence-electron chi connectivity index (χ0n) is 12.0. The van der Waals surface area contributed by atoms with E-state index in [1.807, 2.05) is 6.92 Å². The Hall–Kier alpha value is -0.610. The first kappa shape index (κ1) is 13.4. The van der Waals surface area contributed by atoms with Gasteiger partial charge < -0.3 is 10.0 Å². The van der Waals surface area contributed by atoms with E-state index in [1.54, 1.807) is 0 Å². The van der Waals surface area contributed by atoms with Crippen molar-refractivity contribution >= 4 is 5.97 Å². The molecule has 4 rings (SSSR count). The van der Waals surface area contributed by atoms with Crippen LogP contribution in [-0.2, 0) is 4.79 Å². The van der Waals surface area contributed by atoms with Crippen LogP contribution in [0.15, 0.2) is 0 Å². The summed E-state index contributed by atoms with van der Waals surface area (Å²) in [6, 6.07) is 0.619. The number of piperidine rings is 4. The summed E-state index contributed by atoms with van der Waals surface area (Å²) in [6.07, 6.45) is 5.29. The van der Waals surface area contributed by atoms with Crippen molar-refractivity contribution in [1.82, 2.24) is 9.80 Å². The van der Waals surface area contributed by atoms with E-state index < -0.39 is 11.4 Å². The summed E-state index contributed by atoms with van der Waals surface area (Å²) in [7, 11) is 0. The molecule has 4 heterocycles. The third kappa shape index (κ3) is 2.29. The number of fused-ring (bicyclic) bond motifs is 3. The summed E-state index contributed by atoms with van der Waals surface area (Å²) in [5.74, 6) is 0.229. The lowest BCUT2D eigenvalue weighted by Crippen LogP contribution is -2.61. The van der Waals surface area contributed by atoms with E-state index in [-0.39, 0.29) is 0 Å². The van der Waals surface area contributed by atoms with Gasteiger partial charge in [0.2, 0.25) is 0 Å². The van der Waals surface area contributed by atoms with Crippen molar-refractivity contribution in [2.45, 2.75) is 45.1 Å². The number of aliphatic carboxylic acids is 1. The summed E-state index contributed by atoms with van der Waals surface area (Å²) in [5, 5.41) is 9.60. The standard InChI is InChI=1S/C15H26N2O2/c1-2-15(14(18)19)6-3-7-17(11-15)13-10-16-8-4-12(13)5-9-16/h12-13H,2-11H2,1H3,(H,18,19). The van der Waals surface area contributed by atoms with Crippen molar-refractivity contribution < 1.29 is 9.90 Å². The number of hydrogen-bond acceptors (Lipinski definition) is 3. The number of nitrogens with zero attached hydrogens (tertiary/aromatic N) is 2. The van der Waals surface area contributed by atoms with Crippen LogP contribution in [0.2, 0.25) is 0 Å². The van der Waals surface area contributed by atoms with Crippen molar-refractivity contribution in [2.75, 3.05) is 32.7 Å². The van der Waals surface area contributed by atoms with Crippen molar-refractivity contribution in [3.8, 4) is 0 Å². The Morgan fingerprint density at radius 3 is 2.58 bits per heavy atom. The van der Waals surface area contributed by atoms with Crippen LogP contribution in [0, 0.1) is 11.3 Å². The maximum Gasteiger partial charge on any atom is 0.310 e. The third-order valence-corrected chi connectivity index (χ3v) is 5.83. The molecule has 0 radical (unpaired) electrons. The Bertz CT molecular complexity index is 352. The summed E-state index contributed by atoms with van der Waals surface area (Å²) in [5.41, 5.74) is -0.482. The molecule has 0 aromatic rings. The van der Waals surface area contributed by atoms with Crippen molar-refractivity contribution in [1.29, 1.82) is 0 Å². The molecule has 4 aliphatic heterocycles. The Kier molecular flexibility index (Phi) is 3.56. The van der Waals surface area contributed by atoms with E-state index in [0.29, 0.717) is 6.04 Å².